The molecular formula is C19H12N10Pt. The molecule has 0 saturated heterocycles. The van der Waals surface area contributed by atoms with E-state index in [0.717, 1.165) is 0 Å². The van der Waals surface area contributed by atoms with Gasteiger partial charge in [-0.15, -0.1) is 6.07 Å². The van der Waals surface area contributed by atoms with Gasteiger partial charge in [0.15, 0.2) is 0 Å². The summed E-state index contributed by atoms with van der Waals surface area (Å²) in [5.74, 6) is 1.10. The van der Waals surface area contributed by atoms with E-state index >= 15 is 0 Å². The molecule has 0 radical (unpaired) electrons. The van der Waals surface area contributed by atoms with E-state index in [2.05, 4.69) is 47.4 Å². The molecule has 0 aromatic carbocycles. The fourth-order valence-electron chi connectivity index (χ4n) is 2.56. The van der Waals surface area contributed by atoms with Crippen molar-refractivity contribution in [2.45, 2.75) is 19.3 Å². The van der Waals surface area contributed by atoms with E-state index in [1.54, 1.807) is 18.6 Å². The maximum Gasteiger partial charge on any atom is 2.00 e. The number of hydrogen-bond donors (Lipinski definition) is 0. The third-order valence-electron chi connectivity index (χ3n) is 4.24. The second-order valence-corrected chi connectivity index (χ2v) is 6.49. The molecule has 0 spiro atoms. The van der Waals surface area contributed by atoms with Gasteiger partial charge in [-0.1, -0.05) is 12.8 Å². The summed E-state index contributed by atoms with van der Waals surface area (Å²) in [6, 6.07) is 4.92. The molecule has 10 nitrogen and oxygen atoms in total. The Morgan fingerprint density at radius 2 is 1.53 bits per heavy atom. The summed E-state index contributed by atoms with van der Waals surface area (Å²) in [4.78, 5) is 21.0. The Hall–Kier alpha value is -3.75. The monoisotopic (exact) mass is 575 g/mol. The maximum absolute atomic E-state index is 8.94. The summed E-state index contributed by atoms with van der Waals surface area (Å²) in [7, 11) is 0. The molecule has 4 heterocycles. The largest absolute Gasteiger partial charge is 2.00 e. The zero-order valence-electron chi connectivity index (χ0n) is 15.8. The van der Waals surface area contributed by atoms with Crippen LogP contribution in [0.1, 0.15) is 30.9 Å². The molecule has 0 N–H and O–H groups in total. The van der Waals surface area contributed by atoms with Gasteiger partial charge in [-0.25, -0.2) is 15.0 Å². The first kappa shape index (κ1) is 21.0. The van der Waals surface area contributed by atoms with Crippen molar-refractivity contribution >= 4 is 5.82 Å². The molecule has 30 heavy (non-hydrogen) atoms. The molecule has 148 valence electrons. The second-order valence-electron chi connectivity index (χ2n) is 6.49. The van der Waals surface area contributed by atoms with Crippen LogP contribution < -0.4 is 0 Å². The van der Waals surface area contributed by atoms with Gasteiger partial charge in [-0.2, -0.15) is 0 Å². The van der Waals surface area contributed by atoms with Gasteiger partial charge in [0.2, 0.25) is 0 Å². The Labute approximate surface area is 186 Å². The van der Waals surface area contributed by atoms with Crippen LogP contribution in [-0.4, -0.2) is 39.5 Å². The van der Waals surface area contributed by atoms with Crippen LogP contribution in [0.25, 0.3) is 16.5 Å². The zero-order valence-corrected chi connectivity index (χ0v) is 18.0. The molecule has 0 unspecified atom stereocenters. The molecule has 0 aliphatic heterocycles. The molecule has 0 bridgehead atoms. The number of hydrogen-bond acceptors (Lipinski definition) is 7. The topological polar surface area (TPSA) is 115 Å². The number of nitrogens with zero attached hydrogens (tertiary/aromatic N) is 10. The molecule has 4 aromatic heterocycles. The number of rotatable bonds is 4. The van der Waals surface area contributed by atoms with Crippen LogP contribution in [0.5, 0.6) is 0 Å². The normalized spacial score (nSPS) is 10.7. The van der Waals surface area contributed by atoms with Gasteiger partial charge in [0, 0.05) is 30.2 Å². The first-order valence-corrected chi connectivity index (χ1v) is 8.40. The van der Waals surface area contributed by atoms with Crippen LogP contribution >= 0.6 is 0 Å². The molecule has 4 aromatic rings. The van der Waals surface area contributed by atoms with Crippen LogP contribution in [0.4, 0.5) is 5.82 Å². The Morgan fingerprint density at radius 1 is 0.967 bits per heavy atom. The molecule has 0 amide bonds. The minimum absolute atomic E-state index is 0. The van der Waals surface area contributed by atoms with E-state index in [9.17, 15) is 0 Å². The first-order valence-electron chi connectivity index (χ1n) is 8.40. The van der Waals surface area contributed by atoms with Crippen molar-refractivity contribution < 1.29 is 21.1 Å². The van der Waals surface area contributed by atoms with E-state index in [1.165, 1.54) is 27.7 Å². The molecule has 4 rings (SSSR count). The standard InChI is InChI=1S/C19H12N10.Pt/c1-19(2,14-9-22-11-17(24-14)28-6-4-13(8-20)26-28)15-10-23-12-18(25-15)29-7-5-16(21-3)27-29;/h4-5,9-12H,1-2H3;/q-2;+2. The van der Waals surface area contributed by atoms with Crippen molar-refractivity contribution in [1.29, 1.82) is 5.26 Å². The summed E-state index contributed by atoms with van der Waals surface area (Å²) in [6.07, 6.45) is 12.1. The molecule has 0 atom stereocenters. The zero-order chi connectivity index (χ0) is 20.4. The van der Waals surface area contributed by atoms with Gasteiger partial charge in [0.1, 0.15) is 0 Å². The molecule has 0 aliphatic rings. The predicted octanol–water partition coefficient (Wildman–Crippen LogP) is 1.98. The summed E-state index contributed by atoms with van der Waals surface area (Å²) >= 11 is 0. The van der Waals surface area contributed by atoms with E-state index in [-0.39, 0.29) is 32.6 Å². The maximum atomic E-state index is 8.94. The third-order valence-corrected chi connectivity index (χ3v) is 4.24. The third kappa shape index (κ3) is 3.86. The predicted molar refractivity (Wildman–Crippen MR) is 99.1 cm³/mol. The SMILES string of the molecule is [C-]#[N+]c1c[c-]n(-c2cncc(C(C)(C)c3cncc(-n4[c-]cc(C#N)n4)n3)n2)n1.[Pt+2]. The van der Waals surface area contributed by atoms with E-state index in [4.69, 9.17) is 11.8 Å². The number of nitriles is 1. The van der Waals surface area contributed by atoms with Gasteiger partial charge in [0.25, 0.3) is 0 Å². The quantitative estimate of drug-likeness (QED) is 0.342. The average molecular weight is 575 g/mol. The summed E-state index contributed by atoms with van der Waals surface area (Å²) in [6.45, 7) is 10.9. The van der Waals surface area contributed by atoms with E-state index < -0.39 is 5.41 Å². The van der Waals surface area contributed by atoms with Crippen LogP contribution in [0.3, 0.4) is 0 Å². The van der Waals surface area contributed by atoms with Crippen LogP contribution in [0.15, 0.2) is 36.9 Å². The second kappa shape index (κ2) is 8.32. The minimum atomic E-state index is -0.646. The van der Waals surface area contributed by atoms with Gasteiger partial charge < -0.3 is 9.53 Å². The van der Waals surface area contributed by atoms with Crippen LogP contribution in [0.2, 0.25) is 0 Å². The minimum Gasteiger partial charge on any atom is -0.341 e. The van der Waals surface area contributed by atoms with Crippen molar-refractivity contribution in [3.8, 4) is 17.7 Å². The smallest absolute Gasteiger partial charge is 0.341 e. The van der Waals surface area contributed by atoms with Gasteiger partial charge in [0.05, 0.1) is 34.8 Å². The Bertz CT molecular complexity index is 1180. The van der Waals surface area contributed by atoms with Crippen molar-refractivity contribution in [3.05, 3.63) is 77.8 Å². The van der Waals surface area contributed by atoms with E-state index in [1.807, 2.05) is 19.9 Å². The Balaban J connectivity index is 0.00000256. The molecule has 0 saturated carbocycles. The van der Waals surface area contributed by atoms with Gasteiger partial charge in [-0.05, 0) is 31.2 Å². The van der Waals surface area contributed by atoms with Crippen molar-refractivity contribution in [1.82, 2.24) is 39.5 Å². The van der Waals surface area contributed by atoms with Crippen molar-refractivity contribution in [2.75, 3.05) is 0 Å². The van der Waals surface area contributed by atoms with E-state index in [0.29, 0.717) is 23.0 Å². The average Bonchev–Trinajstić information content (AvgIpc) is 3.43. The number of aromatic nitrogens is 8. The van der Waals surface area contributed by atoms with Crippen molar-refractivity contribution in [2.24, 2.45) is 0 Å². The first-order chi connectivity index (χ1) is 14.0. The van der Waals surface area contributed by atoms with Crippen LogP contribution in [-0.2, 0) is 26.5 Å². The van der Waals surface area contributed by atoms with Gasteiger partial charge in [-0.3, -0.25) is 19.9 Å². The molecule has 11 heteroatoms. The summed E-state index contributed by atoms with van der Waals surface area (Å²) in [5, 5.41) is 17.1. The van der Waals surface area contributed by atoms with Gasteiger partial charge >= 0.3 is 26.9 Å². The van der Waals surface area contributed by atoms with Crippen LogP contribution in [0, 0.1) is 30.3 Å². The Kier molecular flexibility index (Phi) is 5.81. The molecular weight excluding hydrogens is 563 g/mol. The van der Waals surface area contributed by atoms with Crippen molar-refractivity contribution in [3.63, 3.8) is 0 Å². The Morgan fingerprint density at radius 3 is 2.03 bits per heavy atom. The molecule has 0 aliphatic carbocycles. The fraction of sp³-hybridized carbons (Fsp3) is 0.158. The molecule has 0 fully saturated rings. The summed E-state index contributed by atoms with van der Waals surface area (Å²) in [5.41, 5.74) is 0.865. The fourth-order valence-corrected chi connectivity index (χ4v) is 2.56. The summed E-state index contributed by atoms with van der Waals surface area (Å²) < 4.78 is 2.75.